The van der Waals surface area contributed by atoms with Crippen LogP contribution < -0.4 is 10.1 Å². The van der Waals surface area contributed by atoms with Crippen LogP contribution in [-0.2, 0) is 6.54 Å². The topological polar surface area (TPSA) is 34.2 Å². The summed E-state index contributed by atoms with van der Waals surface area (Å²) in [6.07, 6.45) is -3.45. The van der Waals surface area contributed by atoms with Crippen molar-refractivity contribution in [2.75, 3.05) is 13.2 Å². The molecule has 0 saturated carbocycles. The van der Waals surface area contributed by atoms with Crippen LogP contribution >= 0.6 is 0 Å². The molecular weight excluding hydrogens is 245 g/mol. The van der Waals surface area contributed by atoms with Gasteiger partial charge < -0.3 is 10.1 Å². The molecule has 0 spiro atoms. The fourth-order valence-electron chi connectivity index (χ4n) is 1.39. The van der Waals surface area contributed by atoms with Gasteiger partial charge in [-0.05, 0) is 19.0 Å². The van der Waals surface area contributed by atoms with Crippen molar-refractivity contribution in [1.29, 1.82) is 0 Å². The van der Waals surface area contributed by atoms with Crippen LogP contribution in [0.1, 0.15) is 25.3 Å². The average Bonchev–Trinajstić information content (AvgIpc) is 2.32. The van der Waals surface area contributed by atoms with Gasteiger partial charge in [-0.3, -0.25) is 0 Å². The minimum atomic E-state index is -4.12. The minimum absolute atomic E-state index is 0.0235. The highest BCUT2D eigenvalue weighted by molar-refractivity contribution is 5.25. The van der Waals surface area contributed by atoms with Crippen LogP contribution in [0.3, 0.4) is 0 Å². The number of rotatable bonds is 7. The Bertz CT molecular complexity index is 355. The molecule has 0 aliphatic carbocycles. The molecule has 0 saturated heterocycles. The van der Waals surface area contributed by atoms with Crippen molar-refractivity contribution >= 4 is 0 Å². The lowest BCUT2D eigenvalue weighted by Gasteiger charge is -2.11. The number of alkyl halides is 3. The van der Waals surface area contributed by atoms with Crippen molar-refractivity contribution in [2.24, 2.45) is 0 Å². The zero-order chi connectivity index (χ0) is 13.4. The van der Waals surface area contributed by atoms with Gasteiger partial charge in [0.25, 0.3) is 0 Å². The van der Waals surface area contributed by atoms with Gasteiger partial charge in [0.15, 0.2) is 0 Å². The Labute approximate surface area is 104 Å². The van der Waals surface area contributed by atoms with E-state index in [0.717, 1.165) is 12.1 Å². The second-order valence-corrected chi connectivity index (χ2v) is 3.82. The van der Waals surface area contributed by atoms with Gasteiger partial charge in [0, 0.05) is 24.7 Å². The third-order valence-corrected chi connectivity index (χ3v) is 2.26. The molecule has 0 aliphatic rings. The van der Waals surface area contributed by atoms with Crippen LogP contribution in [0.4, 0.5) is 13.2 Å². The van der Waals surface area contributed by atoms with E-state index in [2.05, 4.69) is 10.3 Å². The highest BCUT2D eigenvalue weighted by atomic mass is 19.4. The molecule has 18 heavy (non-hydrogen) atoms. The number of nitrogens with one attached hydrogen (secondary N) is 1. The summed E-state index contributed by atoms with van der Waals surface area (Å²) in [6, 6.07) is 3.62. The summed E-state index contributed by atoms with van der Waals surface area (Å²) in [7, 11) is 0. The number of pyridine rings is 1. The van der Waals surface area contributed by atoms with Crippen LogP contribution in [0.25, 0.3) is 0 Å². The van der Waals surface area contributed by atoms with Crippen LogP contribution in [0.15, 0.2) is 18.3 Å². The van der Waals surface area contributed by atoms with Crippen molar-refractivity contribution in [3.8, 4) is 5.88 Å². The minimum Gasteiger partial charge on any atom is -0.477 e. The van der Waals surface area contributed by atoms with Gasteiger partial charge in [-0.1, -0.05) is 13.0 Å². The van der Waals surface area contributed by atoms with Crippen molar-refractivity contribution < 1.29 is 17.9 Å². The van der Waals surface area contributed by atoms with Gasteiger partial charge >= 0.3 is 6.18 Å². The zero-order valence-electron chi connectivity index (χ0n) is 10.3. The van der Waals surface area contributed by atoms with Gasteiger partial charge in [0.1, 0.15) is 0 Å². The molecule has 0 amide bonds. The Hall–Kier alpha value is -1.30. The molecule has 6 heteroatoms. The molecule has 1 heterocycles. The molecule has 1 N–H and O–H groups in total. The van der Waals surface area contributed by atoms with Gasteiger partial charge in [-0.25, -0.2) is 4.98 Å². The summed E-state index contributed by atoms with van der Waals surface area (Å²) >= 11 is 0. The lowest BCUT2D eigenvalue weighted by Crippen LogP contribution is -2.14. The first-order valence-corrected chi connectivity index (χ1v) is 5.87. The molecule has 0 fully saturated rings. The van der Waals surface area contributed by atoms with E-state index in [1.165, 1.54) is 0 Å². The monoisotopic (exact) mass is 262 g/mol. The normalized spacial score (nSPS) is 11.6. The van der Waals surface area contributed by atoms with Crippen LogP contribution in [0.5, 0.6) is 5.88 Å². The van der Waals surface area contributed by atoms with Crippen LogP contribution in [-0.4, -0.2) is 24.3 Å². The predicted molar refractivity (Wildman–Crippen MR) is 62.4 cm³/mol. The summed E-state index contributed by atoms with van der Waals surface area (Å²) in [5.41, 5.74) is 0.853. The third kappa shape index (κ3) is 5.86. The van der Waals surface area contributed by atoms with Crippen LogP contribution in [0, 0.1) is 0 Å². The Morgan fingerprint density at radius 3 is 2.83 bits per heavy atom. The zero-order valence-corrected chi connectivity index (χ0v) is 10.3. The maximum Gasteiger partial charge on any atom is 0.389 e. The molecule has 0 aliphatic heterocycles. The van der Waals surface area contributed by atoms with E-state index >= 15 is 0 Å². The van der Waals surface area contributed by atoms with E-state index < -0.39 is 12.6 Å². The summed E-state index contributed by atoms with van der Waals surface area (Å²) in [4.78, 5) is 4.02. The van der Waals surface area contributed by atoms with Gasteiger partial charge in [-0.15, -0.1) is 0 Å². The standard InChI is InChI=1S/C12H17F3N2O/c1-2-16-9-10-5-3-7-17-11(10)18-8-4-6-12(13,14)15/h3,5,7,16H,2,4,6,8-9H2,1H3. The lowest BCUT2D eigenvalue weighted by atomic mass is 10.2. The van der Waals surface area contributed by atoms with Crippen LogP contribution in [0.2, 0.25) is 0 Å². The fourth-order valence-corrected chi connectivity index (χ4v) is 1.39. The maximum atomic E-state index is 11.9. The largest absolute Gasteiger partial charge is 0.477 e. The Morgan fingerprint density at radius 1 is 1.39 bits per heavy atom. The van der Waals surface area contributed by atoms with E-state index in [9.17, 15) is 13.2 Å². The number of ether oxygens (including phenoxy) is 1. The highest BCUT2D eigenvalue weighted by Gasteiger charge is 2.26. The molecule has 0 bridgehead atoms. The summed E-state index contributed by atoms with van der Waals surface area (Å²) in [5.74, 6) is 0.403. The summed E-state index contributed by atoms with van der Waals surface area (Å²) in [5, 5.41) is 3.12. The second kappa shape index (κ2) is 7.20. The molecule has 1 aromatic rings. The first-order valence-electron chi connectivity index (χ1n) is 5.87. The van der Waals surface area contributed by atoms with Crippen molar-refractivity contribution in [2.45, 2.75) is 32.5 Å². The predicted octanol–water partition coefficient (Wildman–Crippen LogP) is 2.91. The average molecular weight is 262 g/mol. The number of hydrogen-bond acceptors (Lipinski definition) is 3. The van der Waals surface area contributed by atoms with Gasteiger partial charge in [0.2, 0.25) is 5.88 Å². The first kappa shape index (κ1) is 14.8. The molecule has 0 atom stereocenters. The fraction of sp³-hybridized carbons (Fsp3) is 0.583. The quantitative estimate of drug-likeness (QED) is 0.767. The smallest absolute Gasteiger partial charge is 0.389 e. The lowest BCUT2D eigenvalue weighted by molar-refractivity contribution is -0.136. The number of hydrogen-bond donors (Lipinski definition) is 1. The van der Waals surface area contributed by atoms with Gasteiger partial charge in [0.05, 0.1) is 6.61 Å². The molecule has 0 unspecified atom stereocenters. The van der Waals surface area contributed by atoms with E-state index in [4.69, 9.17) is 4.74 Å². The molecule has 0 radical (unpaired) electrons. The SMILES string of the molecule is CCNCc1cccnc1OCCCC(F)(F)F. The van der Waals surface area contributed by atoms with Crippen molar-refractivity contribution in [1.82, 2.24) is 10.3 Å². The third-order valence-electron chi connectivity index (χ3n) is 2.26. The van der Waals surface area contributed by atoms with Crippen molar-refractivity contribution in [3.05, 3.63) is 23.9 Å². The van der Waals surface area contributed by atoms with E-state index in [0.29, 0.717) is 12.4 Å². The first-order chi connectivity index (χ1) is 8.53. The molecule has 1 rings (SSSR count). The number of aromatic nitrogens is 1. The Kier molecular flexibility index (Phi) is 5.91. The maximum absolute atomic E-state index is 11.9. The summed E-state index contributed by atoms with van der Waals surface area (Å²) in [6.45, 7) is 3.40. The second-order valence-electron chi connectivity index (χ2n) is 3.82. The highest BCUT2D eigenvalue weighted by Crippen LogP contribution is 2.21. The number of nitrogens with zero attached hydrogens (tertiary/aromatic N) is 1. The Morgan fingerprint density at radius 2 is 2.17 bits per heavy atom. The summed E-state index contributed by atoms with van der Waals surface area (Å²) < 4.78 is 41.1. The van der Waals surface area contributed by atoms with E-state index in [1.807, 2.05) is 13.0 Å². The molecule has 3 nitrogen and oxygen atoms in total. The Balaban J connectivity index is 2.41. The van der Waals surface area contributed by atoms with Crippen molar-refractivity contribution in [3.63, 3.8) is 0 Å². The van der Waals surface area contributed by atoms with E-state index in [1.54, 1.807) is 12.3 Å². The molecule has 0 aromatic carbocycles. The molecule has 102 valence electrons. The molecular formula is C12H17F3N2O. The number of halogens is 3. The van der Waals surface area contributed by atoms with E-state index in [-0.39, 0.29) is 13.0 Å². The molecule has 1 aromatic heterocycles. The van der Waals surface area contributed by atoms with Gasteiger partial charge in [-0.2, -0.15) is 13.2 Å².